The summed E-state index contributed by atoms with van der Waals surface area (Å²) in [6.07, 6.45) is 2.26. The van der Waals surface area contributed by atoms with Crippen molar-refractivity contribution in [2.75, 3.05) is 0 Å². The van der Waals surface area contributed by atoms with Gasteiger partial charge in [-0.3, -0.25) is 0 Å². The van der Waals surface area contributed by atoms with Crippen LogP contribution in [-0.4, -0.2) is 4.57 Å². The molecule has 0 amide bonds. The van der Waals surface area contributed by atoms with Crippen molar-refractivity contribution in [1.82, 2.24) is 4.57 Å². The second kappa shape index (κ2) is 11.1. The third-order valence-corrected chi connectivity index (χ3v) is 8.29. The Labute approximate surface area is 251 Å². The third kappa shape index (κ3) is 4.38. The van der Waals surface area contributed by atoms with E-state index in [2.05, 4.69) is 126 Å². The minimum Gasteiger partial charge on any atom is -0.456 e. The largest absolute Gasteiger partial charge is 0.456 e. The molecule has 42 heavy (non-hydrogen) atoms. The van der Waals surface area contributed by atoms with Gasteiger partial charge in [-0.15, -0.1) is 0 Å². The molecule has 3 heteroatoms. The van der Waals surface area contributed by atoms with E-state index in [0.717, 1.165) is 22.3 Å². The highest BCUT2D eigenvalue weighted by molar-refractivity contribution is 6.34. The highest BCUT2D eigenvalue weighted by Gasteiger charge is 2.40. The molecule has 0 N–H and O–H groups in total. The van der Waals surface area contributed by atoms with Gasteiger partial charge in [-0.25, -0.2) is 0 Å². The molecule has 0 saturated carbocycles. The number of para-hydroxylation sites is 2. The van der Waals surface area contributed by atoms with Crippen LogP contribution in [0, 0.1) is 0 Å². The summed E-state index contributed by atoms with van der Waals surface area (Å²) >= 11 is 7.12. The molecule has 7 aromatic rings. The summed E-state index contributed by atoms with van der Waals surface area (Å²) in [5.41, 5.74) is 6.09. The molecule has 1 heterocycles. The maximum atomic E-state index is 7.12. The summed E-state index contributed by atoms with van der Waals surface area (Å²) in [6.45, 7) is 0. The van der Waals surface area contributed by atoms with Crippen LogP contribution in [0.15, 0.2) is 170 Å². The quantitative estimate of drug-likeness (QED) is 0.176. The van der Waals surface area contributed by atoms with Crippen LogP contribution in [-0.2, 0) is 5.41 Å². The SMILES string of the molecule is Clc1c(Oc2ccccc2)cccc1-n1cc(C(c2ccccc2)(c2ccccc2)c2ccccc2)c2ccccc21. The molecule has 0 atom stereocenters. The van der Waals surface area contributed by atoms with E-state index in [-0.39, 0.29) is 0 Å². The molecule has 0 fully saturated rings. The van der Waals surface area contributed by atoms with Crippen LogP contribution < -0.4 is 4.74 Å². The van der Waals surface area contributed by atoms with E-state index in [0.29, 0.717) is 10.8 Å². The Hall–Kier alpha value is -5.05. The number of hydrogen-bond acceptors (Lipinski definition) is 1. The maximum Gasteiger partial charge on any atom is 0.148 e. The number of hydrogen-bond donors (Lipinski definition) is 0. The zero-order chi connectivity index (χ0) is 28.4. The number of aromatic nitrogens is 1. The van der Waals surface area contributed by atoms with Crippen molar-refractivity contribution >= 4 is 22.5 Å². The van der Waals surface area contributed by atoms with E-state index < -0.39 is 5.41 Å². The average Bonchev–Trinajstić information content (AvgIpc) is 3.44. The van der Waals surface area contributed by atoms with Crippen LogP contribution in [0.2, 0.25) is 5.02 Å². The molecule has 0 aliphatic rings. The van der Waals surface area contributed by atoms with E-state index in [9.17, 15) is 0 Å². The molecule has 0 bridgehead atoms. The fourth-order valence-corrected chi connectivity index (χ4v) is 6.34. The molecule has 2 nitrogen and oxygen atoms in total. The lowest BCUT2D eigenvalue weighted by molar-refractivity contribution is 0.482. The topological polar surface area (TPSA) is 14.2 Å². The molecular weight excluding hydrogens is 534 g/mol. The highest BCUT2D eigenvalue weighted by Crippen LogP contribution is 2.49. The van der Waals surface area contributed by atoms with Crippen molar-refractivity contribution in [2.45, 2.75) is 5.41 Å². The van der Waals surface area contributed by atoms with Crippen molar-refractivity contribution in [3.05, 3.63) is 197 Å². The van der Waals surface area contributed by atoms with Crippen LogP contribution >= 0.6 is 11.6 Å². The maximum absolute atomic E-state index is 7.12. The number of ether oxygens (including phenoxy) is 1. The fraction of sp³-hybridized carbons (Fsp3) is 0.0256. The van der Waals surface area contributed by atoms with Gasteiger partial charge in [0, 0.05) is 11.6 Å². The van der Waals surface area contributed by atoms with Gasteiger partial charge in [-0.2, -0.15) is 0 Å². The average molecular weight is 562 g/mol. The molecule has 202 valence electrons. The van der Waals surface area contributed by atoms with Crippen molar-refractivity contribution < 1.29 is 4.74 Å². The molecule has 1 aromatic heterocycles. The summed E-state index contributed by atoms with van der Waals surface area (Å²) in [7, 11) is 0. The van der Waals surface area contributed by atoms with E-state index in [1.54, 1.807) is 0 Å². The predicted octanol–water partition coefficient (Wildman–Crippen LogP) is 10.5. The van der Waals surface area contributed by atoms with Crippen LogP contribution in [0.5, 0.6) is 11.5 Å². The first-order chi connectivity index (χ1) is 20.8. The van der Waals surface area contributed by atoms with Crippen molar-refractivity contribution in [2.24, 2.45) is 0 Å². The van der Waals surface area contributed by atoms with E-state index in [1.165, 1.54) is 22.3 Å². The molecule has 0 saturated heterocycles. The molecule has 0 aliphatic carbocycles. The van der Waals surface area contributed by atoms with Gasteiger partial charge in [-0.05, 0) is 52.6 Å². The minimum atomic E-state index is -0.584. The normalized spacial score (nSPS) is 11.5. The summed E-state index contributed by atoms with van der Waals surface area (Å²) in [5, 5.41) is 1.71. The number of halogens is 1. The lowest BCUT2D eigenvalue weighted by atomic mass is 9.65. The molecule has 0 unspecified atom stereocenters. The van der Waals surface area contributed by atoms with E-state index in [4.69, 9.17) is 16.3 Å². The zero-order valence-electron chi connectivity index (χ0n) is 22.9. The number of fused-ring (bicyclic) bond motifs is 1. The number of benzene rings is 6. The molecule has 0 spiro atoms. The van der Waals surface area contributed by atoms with Crippen LogP contribution in [0.4, 0.5) is 0 Å². The Kier molecular flexibility index (Phi) is 6.83. The van der Waals surface area contributed by atoms with Gasteiger partial charge in [0.25, 0.3) is 0 Å². The van der Waals surface area contributed by atoms with E-state index >= 15 is 0 Å². The highest BCUT2D eigenvalue weighted by atomic mass is 35.5. The van der Waals surface area contributed by atoms with Gasteiger partial charge in [-0.1, -0.05) is 145 Å². The van der Waals surface area contributed by atoms with Crippen LogP contribution in [0.3, 0.4) is 0 Å². The van der Waals surface area contributed by atoms with Crippen molar-refractivity contribution in [3.63, 3.8) is 0 Å². The Morgan fingerprint density at radius 1 is 0.500 bits per heavy atom. The fourth-order valence-electron chi connectivity index (χ4n) is 6.09. The third-order valence-electron chi connectivity index (χ3n) is 7.91. The van der Waals surface area contributed by atoms with Gasteiger partial charge < -0.3 is 9.30 Å². The summed E-state index contributed by atoms with van der Waals surface area (Å²) in [6, 6.07) is 56.6. The smallest absolute Gasteiger partial charge is 0.148 e. The molecule has 6 aromatic carbocycles. The summed E-state index contributed by atoms with van der Waals surface area (Å²) < 4.78 is 8.42. The predicted molar refractivity (Wildman–Crippen MR) is 173 cm³/mol. The van der Waals surface area contributed by atoms with Gasteiger partial charge in [0.2, 0.25) is 0 Å². The molecule has 0 aliphatic heterocycles. The second-order valence-corrected chi connectivity index (χ2v) is 10.7. The van der Waals surface area contributed by atoms with Gasteiger partial charge in [0.05, 0.1) is 16.6 Å². The second-order valence-electron chi connectivity index (χ2n) is 10.3. The van der Waals surface area contributed by atoms with Crippen LogP contribution in [0.1, 0.15) is 22.3 Å². The van der Waals surface area contributed by atoms with Crippen molar-refractivity contribution in [3.8, 4) is 17.2 Å². The van der Waals surface area contributed by atoms with Gasteiger partial charge >= 0.3 is 0 Å². The number of nitrogens with zero attached hydrogens (tertiary/aromatic N) is 1. The minimum absolute atomic E-state index is 0.554. The monoisotopic (exact) mass is 561 g/mol. The summed E-state index contributed by atoms with van der Waals surface area (Å²) in [4.78, 5) is 0. The summed E-state index contributed by atoms with van der Waals surface area (Å²) in [5.74, 6) is 1.35. The Morgan fingerprint density at radius 3 is 1.57 bits per heavy atom. The molecular formula is C39H28ClNO. The zero-order valence-corrected chi connectivity index (χ0v) is 23.7. The first kappa shape index (κ1) is 25.9. The Morgan fingerprint density at radius 2 is 1.00 bits per heavy atom. The number of rotatable bonds is 7. The van der Waals surface area contributed by atoms with Crippen LogP contribution in [0.25, 0.3) is 16.6 Å². The first-order valence-electron chi connectivity index (χ1n) is 14.1. The lowest BCUT2D eigenvalue weighted by Gasteiger charge is -2.36. The van der Waals surface area contributed by atoms with Gasteiger partial charge in [0.15, 0.2) is 0 Å². The lowest BCUT2D eigenvalue weighted by Crippen LogP contribution is -2.30. The standard InChI is InChI=1S/C39H28ClNO/c40-38-36(26-15-27-37(38)42-32-22-11-4-12-23-32)41-28-34(33-24-13-14-25-35(33)41)39(29-16-5-1-6-17-29,30-18-7-2-8-19-30)31-20-9-3-10-21-31/h1-28H. The van der Waals surface area contributed by atoms with E-state index in [1.807, 2.05) is 48.5 Å². The molecule has 7 rings (SSSR count). The van der Waals surface area contributed by atoms with Gasteiger partial charge in [0.1, 0.15) is 16.5 Å². The molecule has 0 radical (unpaired) electrons. The Bertz CT molecular complexity index is 1850. The first-order valence-corrected chi connectivity index (χ1v) is 14.4. The van der Waals surface area contributed by atoms with Crippen molar-refractivity contribution in [1.29, 1.82) is 0 Å². The Balaban J connectivity index is 1.53.